The first-order valence-corrected chi connectivity index (χ1v) is 10.8. The van der Waals surface area contributed by atoms with E-state index >= 15 is 0 Å². The van der Waals surface area contributed by atoms with Crippen LogP contribution in [-0.2, 0) is 16.1 Å². The number of carbonyl (C=O) groups is 2. The summed E-state index contributed by atoms with van der Waals surface area (Å²) in [4.78, 5) is 37.7. The fourth-order valence-corrected chi connectivity index (χ4v) is 6.24. The molecule has 4 aliphatic rings. The van der Waals surface area contributed by atoms with Gasteiger partial charge in [-0.15, -0.1) is 0 Å². The number of hydrogen-bond acceptors (Lipinski definition) is 5. The van der Waals surface area contributed by atoms with Gasteiger partial charge in [0.25, 0.3) is 5.56 Å². The van der Waals surface area contributed by atoms with Gasteiger partial charge in [-0.2, -0.15) is 5.10 Å². The second-order valence-electron chi connectivity index (χ2n) is 9.40. The third-order valence-electron chi connectivity index (χ3n) is 7.22. The Morgan fingerprint density at radius 1 is 0.967 bits per heavy atom. The smallest absolute Gasteiger partial charge is 0.359 e. The Hall–Kier alpha value is -2.76. The first-order valence-electron chi connectivity index (χ1n) is 10.8. The topological polar surface area (TPSA) is 78.3 Å². The molecule has 0 radical (unpaired) electrons. The van der Waals surface area contributed by atoms with E-state index in [1.165, 1.54) is 36.1 Å². The Bertz CT molecular complexity index is 992. The molecule has 4 saturated carbocycles. The van der Waals surface area contributed by atoms with Crippen molar-refractivity contribution in [1.82, 2.24) is 9.78 Å². The summed E-state index contributed by atoms with van der Waals surface area (Å²) in [7, 11) is 0. The summed E-state index contributed by atoms with van der Waals surface area (Å²) in [5.74, 6) is 1.40. The highest BCUT2D eigenvalue weighted by Gasteiger charge is 2.54. The molecule has 6 heteroatoms. The van der Waals surface area contributed by atoms with Crippen molar-refractivity contribution in [2.24, 2.45) is 23.2 Å². The summed E-state index contributed by atoms with van der Waals surface area (Å²) in [6.45, 7) is 0.0669. The van der Waals surface area contributed by atoms with Crippen molar-refractivity contribution >= 4 is 11.8 Å². The maximum atomic E-state index is 13.0. The van der Waals surface area contributed by atoms with Crippen LogP contribution in [0.4, 0.5) is 0 Å². The van der Waals surface area contributed by atoms with Crippen LogP contribution in [-0.4, -0.2) is 28.1 Å². The lowest BCUT2D eigenvalue weighted by Gasteiger charge is -2.55. The van der Waals surface area contributed by atoms with Crippen molar-refractivity contribution in [3.05, 3.63) is 64.1 Å². The first-order chi connectivity index (χ1) is 14.5. The van der Waals surface area contributed by atoms with Crippen LogP contribution in [0.3, 0.4) is 0 Å². The van der Waals surface area contributed by atoms with Gasteiger partial charge < -0.3 is 4.74 Å². The van der Waals surface area contributed by atoms with E-state index in [1.807, 2.05) is 30.3 Å². The van der Waals surface area contributed by atoms with E-state index in [-0.39, 0.29) is 35.6 Å². The van der Waals surface area contributed by atoms with Crippen molar-refractivity contribution in [1.29, 1.82) is 0 Å². The first kappa shape index (κ1) is 19.2. The van der Waals surface area contributed by atoms with Crippen LogP contribution >= 0.6 is 0 Å². The van der Waals surface area contributed by atoms with E-state index < -0.39 is 5.97 Å². The van der Waals surface area contributed by atoms with Crippen LogP contribution in [0.2, 0.25) is 0 Å². The molecule has 2 aromatic rings. The number of esters is 1. The highest BCUT2D eigenvalue weighted by atomic mass is 16.5. The third kappa shape index (κ3) is 3.59. The molecule has 0 unspecified atom stereocenters. The fraction of sp³-hybridized carbons (Fsp3) is 0.500. The zero-order valence-electron chi connectivity index (χ0n) is 17.0. The summed E-state index contributed by atoms with van der Waals surface area (Å²) in [5, 5.41) is 4.16. The molecule has 6 rings (SSSR count). The van der Waals surface area contributed by atoms with Crippen LogP contribution in [0.1, 0.15) is 54.6 Å². The van der Waals surface area contributed by atoms with Gasteiger partial charge >= 0.3 is 5.97 Å². The molecule has 1 aromatic carbocycles. The van der Waals surface area contributed by atoms with E-state index in [0.717, 1.165) is 24.8 Å². The average Bonchev–Trinajstić information content (AvgIpc) is 2.73. The van der Waals surface area contributed by atoms with Gasteiger partial charge in [-0.05, 0) is 67.9 Å². The zero-order chi connectivity index (χ0) is 20.7. The van der Waals surface area contributed by atoms with Gasteiger partial charge in [0.15, 0.2) is 18.1 Å². The van der Waals surface area contributed by atoms with Gasteiger partial charge in [0.1, 0.15) is 0 Å². The Morgan fingerprint density at radius 3 is 2.23 bits per heavy atom. The average molecular weight is 406 g/mol. The van der Waals surface area contributed by atoms with Crippen molar-refractivity contribution in [2.45, 2.75) is 45.1 Å². The van der Waals surface area contributed by atoms with E-state index in [2.05, 4.69) is 5.10 Å². The Balaban J connectivity index is 1.25. The summed E-state index contributed by atoms with van der Waals surface area (Å²) in [6, 6.07) is 12.1. The molecule has 0 amide bonds. The molecular weight excluding hydrogens is 380 g/mol. The summed E-state index contributed by atoms with van der Waals surface area (Å²) < 4.78 is 6.60. The summed E-state index contributed by atoms with van der Waals surface area (Å²) >= 11 is 0. The summed E-state index contributed by atoms with van der Waals surface area (Å²) in [6.07, 6.45) is 6.65. The zero-order valence-corrected chi connectivity index (χ0v) is 17.0. The third-order valence-corrected chi connectivity index (χ3v) is 7.22. The minimum Gasteiger partial charge on any atom is -0.453 e. The normalized spacial score (nSPS) is 29.0. The van der Waals surface area contributed by atoms with Gasteiger partial charge in [-0.1, -0.05) is 30.3 Å². The van der Waals surface area contributed by atoms with Crippen LogP contribution < -0.4 is 5.56 Å². The molecule has 4 fully saturated rings. The molecular formula is C24H26N2O4. The standard InChI is InChI=1S/C24H26N2O4/c27-21(24-11-17-8-18(12-24)10-19(9-17)13-24)15-30-23(29)20-6-7-22(28)26(25-20)14-16-4-2-1-3-5-16/h1-7,17-19H,8-15H2. The van der Waals surface area contributed by atoms with E-state index in [9.17, 15) is 14.4 Å². The number of aromatic nitrogens is 2. The maximum absolute atomic E-state index is 13.0. The van der Waals surface area contributed by atoms with Gasteiger partial charge in [0, 0.05) is 11.5 Å². The van der Waals surface area contributed by atoms with Crippen LogP contribution in [0.15, 0.2) is 47.3 Å². The second-order valence-corrected chi connectivity index (χ2v) is 9.40. The predicted octanol–water partition coefficient (Wildman–Crippen LogP) is 3.23. The van der Waals surface area contributed by atoms with Crippen molar-refractivity contribution in [2.75, 3.05) is 6.61 Å². The van der Waals surface area contributed by atoms with E-state index in [0.29, 0.717) is 17.8 Å². The molecule has 0 saturated heterocycles. The number of ketones is 1. The number of nitrogens with zero attached hydrogens (tertiary/aromatic N) is 2. The number of hydrogen-bond donors (Lipinski definition) is 0. The van der Waals surface area contributed by atoms with Gasteiger partial charge in [-0.25, -0.2) is 9.48 Å². The van der Waals surface area contributed by atoms with Gasteiger partial charge in [0.2, 0.25) is 0 Å². The molecule has 1 aromatic heterocycles. The highest BCUT2D eigenvalue weighted by molar-refractivity contribution is 5.92. The highest BCUT2D eigenvalue weighted by Crippen LogP contribution is 2.60. The minimum absolute atomic E-state index is 0.0452. The summed E-state index contributed by atoms with van der Waals surface area (Å²) in [5.41, 5.74) is 0.382. The van der Waals surface area contributed by atoms with Gasteiger partial charge in [0.05, 0.1) is 6.54 Å². The number of ether oxygens (including phenoxy) is 1. The SMILES string of the molecule is O=C(OCC(=O)C12CC3CC(CC(C3)C1)C2)c1ccc(=O)n(Cc2ccccc2)n1. The number of rotatable bonds is 6. The Morgan fingerprint density at radius 2 is 1.60 bits per heavy atom. The molecule has 4 bridgehead atoms. The Kier molecular flexibility index (Phi) is 4.80. The molecule has 0 N–H and O–H groups in total. The van der Waals surface area contributed by atoms with Gasteiger partial charge in [-0.3, -0.25) is 9.59 Å². The largest absolute Gasteiger partial charge is 0.453 e. The number of benzene rings is 1. The molecule has 0 spiro atoms. The monoisotopic (exact) mass is 406 g/mol. The molecule has 6 nitrogen and oxygen atoms in total. The van der Waals surface area contributed by atoms with Crippen LogP contribution in [0.25, 0.3) is 0 Å². The quantitative estimate of drug-likeness (QED) is 0.688. The lowest BCUT2D eigenvalue weighted by atomic mass is 9.48. The van der Waals surface area contributed by atoms with E-state index in [1.54, 1.807) is 0 Å². The molecule has 0 atom stereocenters. The fourth-order valence-electron chi connectivity index (χ4n) is 6.24. The predicted molar refractivity (Wildman–Crippen MR) is 110 cm³/mol. The molecule has 4 aliphatic carbocycles. The molecule has 156 valence electrons. The molecule has 1 heterocycles. The van der Waals surface area contributed by atoms with Crippen molar-refractivity contribution in [3.8, 4) is 0 Å². The number of Topliss-reactive ketones (excluding diaryl/α,β-unsaturated/α-hetero) is 1. The lowest BCUT2D eigenvalue weighted by Crippen LogP contribution is -2.51. The molecule has 0 aliphatic heterocycles. The van der Waals surface area contributed by atoms with Crippen molar-refractivity contribution < 1.29 is 14.3 Å². The van der Waals surface area contributed by atoms with Crippen LogP contribution in [0, 0.1) is 23.2 Å². The minimum atomic E-state index is -0.658. The Labute approximate surface area is 175 Å². The lowest BCUT2D eigenvalue weighted by molar-refractivity contribution is -0.147. The van der Waals surface area contributed by atoms with E-state index in [4.69, 9.17) is 4.74 Å². The molecule has 30 heavy (non-hydrogen) atoms. The van der Waals surface area contributed by atoms with Crippen LogP contribution in [0.5, 0.6) is 0 Å². The number of carbonyl (C=O) groups excluding carboxylic acids is 2. The second kappa shape index (κ2) is 7.49. The van der Waals surface area contributed by atoms with Crippen molar-refractivity contribution in [3.63, 3.8) is 0 Å². The maximum Gasteiger partial charge on any atom is 0.359 e.